The highest BCUT2D eigenvalue weighted by Gasteiger charge is 2.28. The topological polar surface area (TPSA) is 95.0 Å². The second kappa shape index (κ2) is 6.69. The van der Waals surface area contributed by atoms with Crippen molar-refractivity contribution in [2.75, 3.05) is 25.9 Å². The SMILES string of the molecule is CCN(CC)S(=O)(=O)CC(=O)N(C)C(C)C(=O)O. The second-order valence-corrected chi connectivity index (χ2v) is 5.83. The molecule has 0 aliphatic rings. The number of carboxylic acids is 1. The van der Waals surface area contributed by atoms with Crippen LogP contribution in [0.15, 0.2) is 0 Å². The predicted molar refractivity (Wildman–Crippen MR) is 66.6 cm³/mol. The van der Waals surface area contributed by atoms with Crippen LogP contribution in [0.1, 0.15) is 20.8 Å². The zero-order chi connectivity index (χ0) is 14.5. The number of carbonyl (C=O) groups is 2. The fraction of sp³-hybridized carbons (Fsp3) is 0.800. The zero-order valence-electron chi connectivity index (χ0n) is 11.1. The maximum absolute atomic E-state index is 11.8. The van der Waals surface area contributed by atoms with Gasteiger partial charge in [-0.1, -0.05) is 13.8 Å². The Balaban J connectivity index is 4.81. The molecule has 0 rings (SSSR count). The molecule has 0 aromatic carbocycles. The van der Waals surface area contributed by atoms with Crippen molar-refractivity contribution in [3.05, 3.63) is 0 Å². The number of carbonyl (C=O) groups excluding carboxylic acids is 1. The average Bonchev–Trinajstić information content (AvgIpc) is 2.27. The molecule has 0 aliphatic carbocycles. The lowest BCUT2D eigenvalue weighted by Gasteiger charge is -2.23. The van der Waals surface area contributed by atoms with Crippen LogP contribution in [-0.4, -0.2) is 66.5 Å². The third-order valence-corrected chi connectivity index (χ3v) is 4.65. The van der Waals surface area contributed by atoms with Gasteiger partial charge < -0.3 is 10.0 Å². The van der Waals surface area contributed by atoms with E-state index in [1.807, 2.05) is 0 Å². The maximum atomic E-state index is 11.8. The van der Waals surface area contributed by atoms with Crippen molar-refractivity contribution in [3.8, 4) is 0 Å². The summed E-state index contributed by atoms with van der Waals surface area (Å²) >= 11 is 0. The number of aliphatic carboxylic acids is 1. The van der Waals surface area contributed by atoms with E-state index in [0.29, 0.717) is 0 Å². The van der Waals surface area contributed by atoms with Gasteiger partial charge in [-0.2, -0.15) is 0 Å². The summed E-state index contributed by atoms with van der Waals surface area (Å²) in [5, 5.41) is 8.75. The van der Waals surface area contributed by atoms with Crippen LogP contribution >= 0.6 is 0 Å². The van der Waals surface area contributed by atoms with Gasteiger partial charge in [0.05, 0.1) is 0 Å². The van der Waals surface area contributed by atoms with E-state index >= 15 is 0 Å². The van der Waals surface area contributed by atoms with Crippen molar-refractivity contribution >= 4 is 21.9 Å². The first kappa shape index (κ1) is 16.9. The molecule has 1 unspecified atom stereocenters. The highest BCUT2D eigenvalue weighted by Crippen LogP contribution is 2.04. The molecule has 1 N–H and O–H groups in total. The van der Waals surface area contributed by atoms with E-state index < -0.39 is 33.7 Å². The van der Waals surface area contributed by atoms with Crippen molar-refractivity contribution in [2.24, 2.45) is 0 Å². The van der Waals surface area contributed by atoms with E-state index in [2.05, 4.69) is 0 Å². The fourth-order valence-corrected chi connectivity index (χ4v) is 2.83. The Morgan fingerprint density at radius 1 is 1.22 bits per heavy atom. The summed E-state index contributed by atoms with van der Waals surface area (Å²) in [4.78, 5) is 23.3. The van der Waals surface area contributed by atoms with Gasteiger partial charge >= 0.3 is 5.97 Å². The number of nitrogens with zero attached hydrogens (tertiary/aromatic N) is 2. The standard InChI is InChI=1S/C10H20N2O5S/c1-5-12(6-2)18(16,17)7-9(13)11(4)8(3)10(14)15/h8H,5-7H2,1-4H3,(H,14,15). The summed E-state index contributed by atoms with van der Waals surface area (Å²) < 4.78 is 24.8. The molecule has 0 radical (unpaired) electrons. The second-order valence-electron chi connectivity index (χ2n) is 3.86. The normalized spacial score (nSPS) is 13.4. The van der Waals surface area contributed by atoms with Crippen molar-refractivity contribution in [3.63, 3.8) is 0 Å². The van der Waals surface area contributed by atoms with Gasteiger partial charge in [0.15, 0.2) is 0 Å². The molecule has 18 heavy (non-hydrogen) atoms. The zero-order valence-corrected chi connectivity index (χ0v) is 11.9. The third-order valence-electron chi connectivity index (χ3n) is 2.74. The molecule has 0 bridgehead atoms. The van der Waals surface area contributed by atoms with Crippen molar-refractivity contribution in [2.45, 2.75) is 26.8 Å². The Kier molecular flexibility index (Phi) is 6.27. The van der Waals surface area contributed by atoms with Gasteiger partial charge in [-0.3, -0.25) is 4.79 Å². The van der Waals surface area contributed by atoms with Crippen molar-refractivity contribution < 1.29 is 23.1 Å². The third kappa shape index (κ3) is 4.26. The molecule has 106 valence electrons. The Labute approximate surface area is 107 Å². The summed E-state index contributed by atoms with van der Waals surface area (Å²) in [7, 11) is -2.40. The number of carboxylic acid groups (broad SMARTS) is 1. The fourth-order valence-electron chi connectivity index (χ4n) is 1.35. The van der Waals surface area contributed by atoms with Crippen LogP contribution in [0.5, 0.6) is 0 Å². The summed E-state index contributed by atoms with van der Waals surface area (Å²) in [6.07, 6.45) is 0. The molecule has 1 atom stereocenters. The minimum absolute atomic E-state index is 0.282. The molecule has 8 heteroatoms. The molecule has 0 aromatic heterocycles. The number of hydrogen-bond acceptors (Lipinski definition) is 4. The number of hydrogen-bond donors (Lipinski definition) is 1. The first-order valence-corrected chi connectivity index (χ1v) is 7.24. The van der Waals surface area contributed by atoms with Gasteiger partial charge in [0.25, 0.3) is 0 Å². The number of amides is 1. The average molecular weight is 280 g/mol. The minimum Gasteiger partial charge on any atom is -0.480 e. The molecule has 1 amide bonds. The molecule has 0 saturated heterocycles. The Morgan fingerprint density at radius 3 is 2.00 bits per heavy atom. The van der Waals surface area contributed by atoms with Gasteiger partial charge in [-0.15, -0.1) is 0 Å². The van der Waals surface area contributed by atoms with Gasteiger partial charge in [-0.05, 0) is 6.92 Å². The quantitative estimate of drug-likeness (QED) is 0.684. The van der Waals surface area contributed by atoms with E-state index in [0.717, 1.165) is 4.90 Å². The molecule has 0 fully saturated rings. The van der Waals surface area contributed by atoms with Gasteiger partial charge in [-0.25, -0.2) is 17.5 Å². The summed E-state index contributed by atoms with van der Waals surface area (Å²) in [6, 6.07) is -1.05. The highest BCUT2D eigenvalue weighted by molar-refractivity contribution is 7.89. The molecule has 0 aliphatic heterocycles. The summed E-state index contributed by atoms with van der Waals surface area (Å²) in [5.74, 6) is -2.61. The maximum Gasteiger partial charge on any atom is 0.326 e. The lowest BCUT2D eigenvalue weighted by molar-refractivity contribution is -0.147. The molecular formula is C10H20N2O5S. The number of likely N-dealkylation sites (N-methyl/N-ethyl adjacent to an activating group) is 1. The molecule has 0 saturated carbocycles. The van der Waals surface area contributed by atoms with Crippen LogP contribution in [0.25, 0.3) is 0 Å². The number of sulfonamides is 1. The van der Waals surface area contributed by atoms with E-state index in [9.17, 15) is 18.0 Å². The Hall–Kier alpha value is -1.15. The van der Waals surface area contributed by atoms with Crippen molar-refractivity contribution in [1.82, 2.24) is 9.21 Å². The van der Waals surface area contributed by atoms with Crippen LogP contribution in [0.2, 0.25) is 0 Å². The van der Waals surface area contributed by atoms with Crippen LogP contribution in [-0.2, 0) is 19.6 Å². The van der Waals surface area contributed by atoms with Gasteiger partial charge in [0.1, 0.15) is 11.8 Å². The van der Waals surface area contributed by atoms with E-state index in [4.69, 9.17) is 5.11 Å². The van der Waals surface area contributed by atoms with Crippen LogP contribution in [0.4, 0.5) is 0 Å². The lowest BCUT2D eigenvalue weighted by atomic mass is 10.3. The molecule has 0 heterocycles. The smallest absolute Gasteiger partial charge is 0.326 e. The van der Waals surface area contributed by atoms with Crippen molar-refractivity contribution in [1.29, 1.82) is 0 Å². The van der Waals surface area contributed by atoms with E-state index in [-0.39, 0.29) is 13.1 Å². The summed E-state index contributed by atoms with van der Waals surface area (Å²) in [6.45, 7) is 5.24. The first-order valence-electron chi connectivity index (χ1n) is 5.63. The highest BCUT2D eigenvalue weighted by atomic mass is 32.2. The van der Waals surface area contributed by atoms with E-state index in [1.54, 1.807) is 13.8 Å². The summed E-state index contributed by atoms with van der Waals surface area (Å²) in [5.41, 5.74) is 0. The Bertz CT molecular complexity index is 402. The van der Waals surface area contributed by atoms with Crippen LogP contribution in [0.3, 0.4) is 0 Å². The molecule has 0 spiro atoms. The molecule has 0 aromatic rings. The molecule has 7 nitrogen and oxygen atoms in total. The predicted octanol–water partition coefficient (Wildman–Crippen LogP) is -0.410. The van der Waals surface area contributed by atoms with Crippen LogP contribution < -0.4 is 0 Å². The largest absolute Gasteiger partial charge is 0.480 e. The van der Waals surface area contributed by atoms with Crippen LogP contribution in [0, 0.1) is 0 Å². The minimum atomic E-state index is -3.68. The molecular weight excluding hydrogens is 260 g/mol. The Morgan fingerprint density at radius 2 is 1.67 bits per heavy atom. The lowest BCUT2D eigenvalue weighted by Crippen LogP contribution is -2.45. The monoisotopic (exact) mass is 280 g/mol. The first-order chi connectivity index (χ1) is 8.17. The van der Waals surface area contributed by atoms with E-state index in [1.165, 1.54) is 18.3 Å². The number of rotatable bonds is 7. The van der Waals surface area contributed by atoms with Gasteiger partial charge in [0, 0.05) is 20.1 Å². The van der Waals surface area contributed by atoms with Gasteiger partial charge in [0.2, 0.25) is 15.9 Å².